The number of amides is 1. The molecule has 4 aromatic carbocycles. The topological polar surface area (TPSA) is 291 Å². The molecule has 2 fully saturated rings. The summed E-state index contributed by atoms with van der Waals surface area (Å²) in [6.45, 7) is 10.7. The highest BCUT2D eigenvalue weighted by Gasteiger charge is 2.64. The first-order chi connectivity index (χ1) is 42.7. The number of benzene rings is 4. The zero-order chi connectivity index (χ0) is 63.5. The number of aliphatic imine (C=N–C) groups is 1. The highest BCUT2D eigenvalue weighted by atomic mass is 16.5. The van der Waals surface area contributed by atoms with Crippen molar-refractivity contribution in [2.75, 3.05) is 32.8 Å². The zero-order valence-corrected chi connectivity index (χ0v) is 52.0. The Labute approximate surface area is 525 Å². The molecule has 89 heavy (non-hydrogen) atoms. The van der Waals surface area contributed by atoms with Gasteiger partial charge in [-0.15, -0.1) is 0 Å². The van der Waals surface area contributed by atoms with Crippen LogP contribution in [0, 0.1) is 35.0 Å². The number of nitrogens with one attached hydrogen (secondary N) is 3. The van der Waals surface area contributed by atoms with Gasteiger partial charge in [0.1, 0.15) is 30.3 Å². The Bertz CT molecular complexity index is 3380. The Balaban J connectivity index is 1.07. The molecule has 0 saturated heterocycles. The van der Waals surface area contributed by atoms with E-state index >= 15 is 4.79 Å². The Hall–Kier alpha value is -7.01. The number of likely N-dealkylation sites (N-methyl/N-ethyl adjacent to an activating group) is 1. The van der Waals surface area contributed by atoms with E-state index in [2.05, 4.69) is 69.7 Å². The lowest BCUT2D eigenvalue weighted by Gasteiger charge is -2.56. The van der Waals surface area contributed by atoms with Crippen LogP contribution < -0.4 is 33.2 Å². The molecule has 16 heteroatoms. The second-order valence-electron chi connectivity index (χ2n) is 25.6. The van der Waals surface area contributed by atoms with E-state index in [-0.39, 0.29) is 75.9 Å². The summed E-state index contributed by atoms with van der Waals surface area (Å²) in [5.74, 6) is 3.77. The van der Waals surface area contributed by atoms with E-state index in [1.165, 1.54) is 5.56 Å². The second kappa shape index (κ2) is 29.7. The van der Waals surface area contributed by atoms with Gasteiger partial charge in [0.2, 0.25) is 5.91 Å². The largest absolute Gasteiger partial charge is 0.508 e. The monoisotopic (exact) mass is 1210 g/mol. The van der Waals surface area contributed by atoms with Crippen LogP contribution in [0.25, 0.3) is 0 Å². The van der Waals surface area contributed by atoms with E-state index in [1.54, 1.807) is 30.3 Å². The number of fused-ring (bicyclic) bond motifs is 4. The average Bonchev–Trinajstić information content (AvgIpc) is 1.66. The molecule has 2 bridgehead atoms. The minimum absolute atomic E-state index is 0.0677. The molecule has 2 aliphatic carbocycles. The fourth-order valence-corrected chi connectivity index (χ4v) is 15.0. The molecule has 1 amide bonds. The van der Waals surface area contributed by atoms with Crippen molar-refractivity contribution in [1.82, 2.24) is 16.0 Å². The van der Waals surface area contributed by atoms with Crippen molar-refractivity contribution in [1.29, 1.82) is 0 Å². The molecule has 0 aromatic heterocycles. The summed E-state index contributed by atoms with van der Waals surface area (Å²) >= 11 is 0. The summed E-state index contributed by atoms with van der Waals surface area (Å²) in [7, 11) is 0. The predicted octanol–water partition coefficient (Wildman–Crippen LogP) is 7.53. The molecule has 1 spiro atoms. The number of carbonyl (C=O) groups is 2. The summed E-state index contributed by atoms with van der Waals surface area (Å²) < 4.78 is 6.35. The number of aryl methyl sites for hydroxylation is 1. The Morgan fingerprint density at radius 1 is 0.921 bits per heavy atom. The van der Waals surface area contributed by atoms with E-state index in [0.717, 1.165) is 52.7 Å². The number of guanidine groups is 1. The van der Waals surface area contributed by atoms with Gasteiger partial charge in [-0.25, -0.2) is 0 Å². The number of aromatic hydroxyl groups is 1. The molecule has 12 unspecified atom stereocenters. The molecule has 3 heterocycles. The zero-order valence-electron chi connectivity index (χ0n) is 52.0. The lowest BCUT2D eigenvalue weighted by molar-refractivity contribution is -0.168. The minimum Gasteiger partial charge on any atom is -0.508 e. The Kier molecular flexibility index (Phi) is 22.2. The first kappa shape index (κ1) is 66.4. The van der Waals surface area contributed by atoms with Gasteiger partial charge in [0, 0.05) is 49.6 Å². The van der Waals surface area contributed by atoms with E-state index in [1.807, 2.05) is 81.5 Å². The molecule has 16 nitrogen and oxygen atoms in total. The van der Waals surface area contributed by atoms with Gasteiger partial charge in [0.05, 0.1) is 30.5 Å². The molecule has 15 N–H and O–H groups in total. The van der Waals surface area contributed by atoms with Gasteiger partial charge < -0.3 is 57.9 Å². The smallest absolute Gasteiger partial charge is 0.243 e. The van der Waals surface area contributed by atoms with E-state index in [0.29, 0.717) is 72.9 Å². The molecule has 9 rings (SSSR count). The number of aliphatic hydroxyl groups excluding tert-OH is 3. The van der Waals surface area contributed by atoms with Crippen LogP contribution >= 0.6 is 0 Å². The number of nitrogens with zero attached hydrogens (tertiary/aromatic N) is 1. The molecular weight excluding hydrogens is 1120 g/mol. The number of ether oxygens (including phenoxy) is 1. The maximum Gasteiger partial charge on any atom is 0.243 e. The van der Waals surface area contributed by atoms with Crippen LogP contribution in [0.5, 0.6) is 5.75 Å². The third-order valence-electron chi connectivity index (χ3n) is 19.9. The molecule has 5 aliphatic rings. The summed E-state index contributed by atoms with van der Waals surface area (Å²) in [5, 5.41) is 83.2. The van der Waals surface area contributed by atoms with Gasteiger partial charge in [0.25, 0.3) is 0 Å². The number of phenols is 1. The number of Topliss-reactive ketones (excluding diaryl/α,β-unsaturated/α-hetero) is 1. The van der Waals surface area contributed by atoms with Crippen molar-refractivity contribution in [2.24, 2.45) is 45.4 Å². The van der Waals surface area contributed by atoms with Crippen molar-refractivity contribution in [2.45, 2.75) is 158 Å². The van der Waals surface area contributed by atoms with Gasteiger partial charge in [-0.05, 0) is 171 Å². The van der Waals surface area contributed by atoms with Gasteiger partial charge in [-0.1, -0.05) is 146 Å². The SMILES string of the molecule is C=C1C=CC=C(C2CCC3(C4CCC(O)Cc5cccc(c5)CC(C(CN=C(N)N)c5ccc(O)cc5)C(O)CNC5C(=O)NC(N)c6cccc(c65)CC(=O)C(C)=C4CCC3(C)O)C2O)COCC#CCC(CCCc2ccccc2)=CCC1(O)NCC. The van der Waals surface area contributed by atoms with Gasteiger partial charge >= 0.3 is 0 Å². The van der Waals surface area contributed by atoms with Crippen LogP contribution in [-0.2, 0) is 40.0 Å². The quantitative estimate of drug-likeness (QED) is 0.0227. The van der Waals surface area contributed by atoms with Crippen molar-refractivity contribution in [3.8, 4) is 17.6 Å². The summed E-state index contributed by atoms with van der Waals surface area (Å²) in [6.07, 6.45) is 9.78. The molecular formula is C73H93N7O9. The average molecular weight is 1210 g/mol. The maximum atomic E-state index is 15.3. The number of phenolic OH excluding ortho intramolecular Hbond substituents is 1. The minimum atomic E-state index is -1.44. The number of carbonyl (C=O) groups excluding carboxylic acids is 2. The predicted molar refractivity (Wildman–Crippen MR) is 349 cm³/mol. The number of allylic oxidation sites excluding steroid dienone is 5. The van der Waals surface area contributed by atoms with Crippen molar-refractivity contribution >= 4 is 17.6 Å². The number of nitrogens with two attached hydrogens (primary N) is 3. The van der Waals surface area contributed by atoms with Crippen LogP contribution in [0.1, 0.15) is 142 Å². The lowest BCUT2D eigenvalue weighted by atomic mass is 9.52. The maximum absolute atomic E-state index is 15.3. The lowest BCUT2D eigenvalue weighted by Crippen LogP contribution is -2.59. The first-order valence-corrected chi connectivity index (χ1v) is 31.8. The fourth-order valence-electron chi connectivity index (χ4n) is 15.0. The van der Waals surface area contributed by atoms with Gasteiger partial charge in [-0.3, -0.25) is 25.2 Å². The molecule has 12 atom stereocenters. The third-order valence-corrected chi connectivity index (χ3v) is 19.9. The molecule has 3 aliphatic heterocycles. The van der Waals surface area contributed by atoms with Crippen LogP contribution in [0.3, 0.4) is 0 Å². The number of hydrogen-bond acceptors (Lipinski definition) is 13. The van der Waals surface area contributed by atoms with E-state index in [4.69, 9.17) is 21.9 Å². The summed E-state index contributed by atoms with van der Waals surface area (Å²) in [5.41, 5.74) is 23.7. The number of ketones is 1. The number of aliphatic hydroxyl groups is 5. The highest BCUT2D eigenvalue weighted by molar-refractivity contribution is 5.98. The summed E-state index contributed by atoms with van der Waals surface area (Å²) in [6, 6.07) is 29.4. The normalized spacial score (nSPS) is 29.6. The molecule has 4 aromatic rings. The van der Waals surface area contributed by atoms with Crippen LogP contribution in [0.4, 0.5) is 0 Å². The van der Waals surface area contributed by atoms with Crippen LogP contribution in [-0.4, -0.2) is 111 Å². The van der Waals surface area contributed by atoms with Crippen molar-refractivity contribution < 1.29 is 45.0 Å². The summed E-state index contributed by atoms with van der Waals surface area (Å²) in [4.78, 5) is 34.0. The van der Waals surface area contributed by atoms with E-state index in [9.17, 15) is 35.4 Å². The standard InChI is InChI=1S/C73H93N7O9/c1-5-79-73(88)37-32-49(20-12-19-48-16-7-6-8-17-48)18-9-10-38-89-45-54(24-11-15-46(73)2)58-34-36-72(67(58)85)62-31-30-56(82)40-50-21-13-22-51(39-50)41-60(61(43-78-70(75)76)52-26-28-55(81)29-27-52)64(84)44-77-66-65-53(23-14-25-59(65)68(74)80-69(66)86)42-63(83)47(3)57(62)33-35-71(72,4)87/h6-8,11,13-17,21-29,32,39,56,58,60-62,64,66-68,77,79,81-82,84-85,87-88H,2,5,12,18-20,30-31,33-38,40-45,74H2,1,3-4H3,(H,80,86)(H4,75,76,78). The molecule has 2 saturated carbocycles. The molecule has 474 valence electrons. The van der Waals surface area contributed by atoms with Crippen molar-refractivity contribution in [3.05, 3.63) is 195 Å². The van der Waals surface area contributed by atoms with Gasteiger partial charge in [0.15, 0.2) is 11.7 Å². The Morgan fingerprint density at radius 2 is 1.67 bits per heavy atom. The second-order valence-corrected chi connectivity index (χ2v) is 25.6. The number of hydrogen-bond donors (Lipinski definition) is 12. The Morgan fingerprint density at radius 3 is 2.43 bits per heavy atom. The van der Waals surface area contributed by atoms with Crippen LogP contribution in [0.2, 0.25) is 0 Å². The first-order valence-electron chi connectivity index (χ1n) is 31.8. The van der Waals surface area contributed by atoms with Crippen molar-refractivity contribution in [3.63, 3.8) is 0 Å². The third kappa shape index (κ3) is 15.6. The van der Waals surface area contributed by atoms with Crippen LogP contribution in [0.15, 0.2) is 161 Å². The fraction of sp³-hybridized carbons (Fsp3) is 0.466. The number of β-amino-alcohol motifs (C(OH)–C–C–N with tert-alkyl or cyclic N) is 1. The number of rotatable bonds is 11. The highest BCUT2D eigenvalue weighted by Crippen LogP contribution is 2.63. The molecule has 0 radical (unpaired) electrons. The van der Waals surface area contributed by atoms with Gasteiger partial charge in [-0.2, -0.15) is 0 Å². The van der Waals surface area contributed by atoms with E-state index < -0.39 is 76.8 Å².